The van der Waals surface area contributed by atoms with E-state index in [0.717, 1.165) is 31.4 Å². The van der Waals surface area contributed by atoms with Crippen LogP contribution in [0.1, 0.15) is 49.6 Å². The molecule has 0 spiro atoms. The molecule has 1 heterocycles. The molecule has 0 radical (unpaired) electrons. The molecule has 1 aliphatic rings. The molecule has 0 aromatic carbocycles. The van der Waals surface area contributed by atoms with E-state index in [2.05, 4.69) is 24.9 Å². The van der Waals surface area contributed by atoms with Crippen LogP contribution in [0.3, 0.4) is 0 Å². The van der Waals surface area contributed by atoms with E-state index in [1.807, 2.05) is 5.51 Å². The molecule has 0 saturated heterocycles. The van der Waals surface area contributed by atoms with Gasteiger partial charge in [0, 0.05) is 4.88 Å². The van der Waals surface area contributed by atoms with Gasteiger partial charge in [0.15, 0.2) is 0 Å². The van der Waals surface area contributed by atoms with Crippen LogP contribution in [-0.4, -0.2) is 4.98 Å². The maximum absolute atomic E-state index is 9.50. The van der Waals surface area contributed by atoms with Crippen molar-refractivity contribution in [1.82, 2.24) is 4.98 Å². The van der Waals surface area contributed by atoms with Crippen LogP contribution in [0, 0.1) is 29.6 Å². The van der Waals surface area contributed by atoms with E-state index in [1.54, 1.807) is 11.3 Å². The second kappa shape index (κ2) is 5.18. The minimum atomic E-state index is -0.0614. The molecule has 1 aromatic rings. The summed E-state index contributed by atoms with van der Waals surface area (Å²) in [6.07, 6.45) is 6.72. The lowest BCUT2D eigenvalue weighted by Gasteiger charge is -2.34. The minimum Gasteiger partial charge on any atom is -0.250 e. The summed E-state index contributed by atoms with van der Waals surface area (Å²) >= 11 is 1.73. The van der Waals surface area contributed by atoms with Gasteiger partial charge in [-0.1, -0.05) is 19.8 Å². The summed E-state index contributed by atoms with van der Waals surface area (Å²) in [6, 6.07) is 2.61. The summed E-state index contributed by atoms with van der Waals surface area (Å²) < 4.78 is 0. The number of rotatable bonds is 3. The average Bonchev–Trinajstić information content (AvgIpc) is 2.72. The second-order valence-corrected chi connectivity index (χ2v) is 6.39. The van der Waals surface area contributed by atoms with Gasteiger partial charge in [-0.15, -0.1) is 11.3 Å². The molecule has 0 aliphatic heterocycles. The number of hydrogen-bond acceptors (Lipinski definition) is 3. The standard InChI is InChI=1S/C14H20N2S/c1-11-4-3-6-14(8-11,9-15)7-5-13-12(2)16-10-17-13/h10-11H,3-8H2,1-2H3. The van der Waals surface area contributed by atoms with Crippen LogP contribution >= 0.6 is 11.3 Å². The maximum Gasteiger partial charge on any atom is 0.0797 e. The van der Waals surface area contributed by atoms with Crippen molar-refractivity contribution in [3.63, 3.8) is 0 Å². The van der Waals surface area contributed by atoms with E-state index in [4.69, 9.17) is 0 Å². The van der Waals surface area contributed by atoms with Crippen LogP contribution in [0.2, 0.25) is 0 Å². The van der Waals surface area contributed by atoms with Gasteiger partial charge in [0.25, 0.3) is 0 Å². The fraction of sp³-hybridized carbons (Fsp3) is 0.714. The molecule has 1 aromatic heterocycles. The van der Waals surface area contributed by atoms with Crippen molar-refractivity contribution in [3.8, 4) is 6.07 Å². The first-order valence-corrected chi connectivity index (χ1v) is 7.33. The van der Waals surface area contributed by atoms with Crippen molar-refractivity contribution in [2.24, 2.45) is 11.3 Å². The van der Waals surface area contributed by atoms with Crippen LogP contribution in [0.4, 0.5) is 0 Å². The summed E-state index contributed by atoms with van der Waals surface area (Å²) in [7, 11) is 0. The Bertz CT molecular complexity index is 418. The smallest absolute Gasteiger partial charge is 0.0797 e. The molecular formula is C14H20N2S. The molecule has 0 bridgehead atoms. The van der Waals surface area contributed by atoms with Gasteiger partial charge in [0.2, 0.25) is 0 Å². The van der Waals surface area contributed by atoms with E-state index < -0.39 is 0 Å². The third-order valence-electron chi connectivity index (χ3n) is 4.00. The van der Waals surface area contributed by atoms with E-state index in [0.29, 0.717) is 5.92 Å². The molecule has 0 N–H and O–H groups in total. The van der Waals surface area contributed by atoms with Crippen molar-refractivity contribution in [2.45, 2.75) is 52.4 Å². The van der Waals surface area contributed by atoms with E-state index in [9.17, 15) is 5.26 Å². The Hall–Kier alpha value is -0.880. The topological polar surface area (TPSA) is 36.7 Å². The molecule has 0 amide bonds. The summed E-state index contributed by atoms with van der Waals surface area (Å²) in [5, 5.41) is 9.50. The van der Waals surface area contributed by atoms with Gasteiger partial charge in [-0.25, -0.2) is 4.98 Å². The lowest BCUT2D eigenvalue weighted by molar-refractivity contribution is 0.197. The zero-order valence-corrected chi connectivity index (χ0v) is 11.5. The third-order valence-corrected chi connectivity index (χ3v) is 5.00. The average molecular weight is 248 g/mol. The molecule has 1 fully saturated rings. The van der Waals surface area contributed by atoms with E-state index >= 15 is 0 Å². The first-order valence-electron chi connectivity index (χ1n) is 6.45. The fourth-order valence-corrected chi connectivity index (χ4v) is 3.74. The van der Waals surface area contributed by atoms with Crippen LogP contribution < -0.4 is 0 Å². The van der Waals surface area contributed by atoms with Gasteiger partial charge in [0.05, 0.1) is 22.7 Å². The Morgan fingerprint density at radius 1 is 1.65 bits per heavy atom. The van der Waals surface area contributed by atoms with Gasteiger partial charge in [0.1, 0.15) is 0 Å². The van der Waals surface area contributed by atoms with Gasteiger partial charge >= 0.3 is 0 Å². The second-order valence-electron chi connectivity index (χ2n) is 5.45. The number of nitriles is 1. The fourth-order valence-electron chi connectivity index (χ4n) is 2.96. The normalized spacial score (nSPS) is 28.9. The Kier molecular flexibility index (Phi) is 3.83. The Morgan fingerprint density at radius 2 is 2.47 bits per heavy atom. The van der Waals surface area contributed by atoms with Crippen molar-refractivity contribution < 1.29 is 0 Å². The SMILES string of the molecule is Cc1ncsc1CCC1(C#N)CCCC(C)C1. The van der Waals surface area contributed by atoms with Crippen molar-refractivity contribution in [1.29, 1.82) is 5.26 Å². The highest BCUT2D eigenvalue weighted by molar-refractivity contribution is 7.09. The van der Waals surface area contributed by atoms with Crippen molar-refractivity contribution in [3.05, 3.63) is 16.1 Å². The molecule has 17 heavy (non-hydrogen) atoms. The molecule has 2 nitrogen and oxygen atoms in total. The third kappa shape index (κ3) is 2.87. The van der Waals surface area contributed by atoms with Gasteiger partial charge in [-0.3, -0.25) is 0 Å². The van der Waals surface area contributed by atoms with E-state index in [1.165, 1.54) is 17.7 Å². The quantitative estimate of drug-likeness (QED) is 0.807. The van der Waals surface area contributed by atoms with Crippen LogP contribution in [-0.2, 0) is 6.42 Å². The minimum absolute atomic E-state index is 0.0614. The molecule has 92 valence electrons. The summed E-state index contributed by atoms with van der Waals surface area (Å²) in [5.41, 5.74) is 2.99. The summed E-state index contributed by atoms with van der Waals surface area (Å²) in [5.74, 6) is 0.714. The number of aromatic nitrogens is 1. The molecule has 3 heteroatoms. The Balaban J connectivity index is 2.01. The molecular weight excluding hydrogens is 228 g/mol. The predicted octanol–water partition coefficient (Wildman–Crippen LogP) is 4.10. The first kappa shape index (κ1) is 12.6. The van der Waals surface area contributed by atoms with Gasteiger partial charge in [-0.05, 0) is 38.5 Å². The lowest BCUT2D eigenvalue weighted by Crippen LogP contribution is -2.26. The lowest BCUT2D eigenvalue weighted by atomic mass is 9.68. The number of aryl methyl sites for hydroxylation is 2. The largest absolute Gasteiger partial charge is 0.250 e. The van der Waals surface area contributed by atoms with Crippen LogP contribution in [0.15, 0.2) is 5.51 Å². The van der Waals surface area contributed by atoms with Crippen LogP contribution in [0.5, 0.6) is 0 Å². The zero-order chi connectivity index (χ0) is 12.3. The molecule has 2 rings (SSSR count). The highest BCUT2D eigenvalue weighted by Crippen LogP contribution is 2.42. The predicted molar refractivity (Wildman–Crippen MR) is 70.9 cm³/mol. The number of nitrogens with zero attached hydrogens (tertiary/aromatic N) is 2. The zero-order valence-electron chi connectivity index (χ0n) is 10.7. The van der Waals surface area contributed by atoms with Crippen LogP contribution in [0.25, 0.3) is 0 Å². The summed E-state index contributed by atoms with van der Waals surface area (Å²) in [6.45, 7) is 4.34. The molecule has 2 unspecified atom stereocenters. The molecule has 2 atom stereocenters. The number of hydrogen-bond donors (Lipinski definition) is 0. The Labute approximate surface area is 108 Å². The monoisotopic (exact) mass is 248 g/mol. The molecule has 1 saturated carbocycles. The highest BCUT2D eigenvalue weighted by Gasteiger charge is 2.34. The van der Waals surface area contributed by atoms with Crippen molar-refractivity contribution >= 4 is 11.3 Å². The van der Waals surface area contributed by atoms with E-state index in [-0.39, 0.29) is 5.41 Å². The van der Waals surface area contributed by atoms with Gasteiger partial charge < -0.3 is 0 Å². The maximum atomic E-state index is 9.50. The highest BCUT2D eigenvalue weighted by atomic mass is 32.1. The van der Waals surface area contributed by atoms with Gasteiger partial charge in [-0.2, -0.15) is 5.26 Å². The summed E-state index contributed by atoms with van der Waals surface area (Å²) in [4.78, 5) is 5.64. The molecule has 1 aliphatic carbocycles. The first-order chi connectivity index (χ1) is 8.15. The number of thiazole rings is 1. The van der Waals surface area contributed by atoms with Crippen molar-refractivity contribution in [2.75, 3.05) is 0 Å². The Morgan fingerprint density at radius 3 is 3.06 bits per heavy atom.